The third-order valence-electron chi connectivity index (χ3n) is 1.34. The van der Waals surface area contributed by atoms with Crippen LogP contribution in [0, 0.1) is 0 Å². The number of hydrogen-bond acceptors (Lipinski definition) is 3. The van der Waals surface area contributed by atoms with Crippen LogP contribution < -0.4 is 11.1 Å². The molecule has 1 aromatic rings. The number of anilines is 1. The van der Waals surface area contributed by atoms with E-state index in [1.54, 1.807) is 0 Å². The standard InChI is InChI=1S/C7H9ClN4O/c1-4(8)2-10-7(13)6-5(9)3-11-12-6/h3H,1-2,9H2,(H,10,13)(H,11,12). The van der Waals surface area contributed by atoms with Gasteiger partial charge in [0.15, 0.2) is 0 Å². The second-order valence-corrected chi connectivity index (χ2v) is 2.93. The normalized spacial score (nSPS) is 9.62. The van der Waals surface area contributed by atoms with Gasteiger partial charge in [-0.3, -0.25) is 9.89 Å². The summed E-state index contributed by atoms with van der Waals surface area (Å²) >= 11 is 5.46. The first-order valence-electron chi connectivity index (χ1n) is 3.51. The predicted octanol–water partition coefficient (Wildman–Crippen LogP) is 0.474. The molecule has 6 heteroatoms. The van der Waals surface area contributed by atoms with Gasteiger partial charge in [-0.05, 0) is 0 Å². The Hall–Kier alpha value is -1.49. The van der Waals surface area contributed by atoms with E-state index in [1.807, 2.05) is 0 Å². The van der Waals surface area contributed by atoms with Gasteiger partial charge in [-0.2, -0.15) is 5.10 Å². The molecular weight excluding hydrogens is 192 g/mol. The monoisotopic (exact) mass is 200 g/mol. The van der Waals surface area contributed by atoms with Gasteiger partial charge in [0, 0.05) is 5.03 Å². The van der Waals surface area contributed by atoms with E-state index in [4.69, 9.17) is 17.3 Å². The van der Waals surface area contributed by atoms with Gasteiger partial charge in [0.25, 0.3) is 5.91 Å². The van der Waals surface area contributed by atoms with Crippen molar-refractivity contribution in [1.29, 1.82) is 0 Å². The van der Waals surface area contributed by atoms with Crippen LogP contribution in [-0.4, -0.2) is 22.6 Å². The Morgan fingerprint density at radius 2 is 2.54 bits per heavy atom. The summed E-state index contributed by atoms with van der Waals surface area (Å²) in [6, 6.07) is 0. The topological polar surface area (TPSA) is 83.8 Å². The molecule has 13 heavy (non-hydrogen) atoms. The van der Waals surface area contributed by atoms with Crippen LogP contribution in [0.1, 0.15) is 10.5 Å². The average Bonchev–Trinajstić information content (AvgIpc) is 2.47. The number of hydrogen-bond donors (Lipinski definition) is 3. The Kier molecular flexibility index (Phi) is 2.92. The minimum absolute atomic E-state index is 0.207. The molecule has 0 bridgehead atoms. The van der Waals surface area contributed by atoms with Crippen LogP contribution in [0.25, 0.3) is 0 Å². The first-order valence-corrected chi connectivity index (χ1v) is 3.89. The number of carbonyl (C=O) groups excluding carboxylic acids is 1. The van der Waals surface area contributed by atoms with Gasteiger partial charge in [-0.1, -0.05) is 18.2 Å². The van der Waals surface area contributed by atoms with E-state index in [0.29, 0.717) is 10.7 Å². The Bertz CT molecular complexity index is 333. The lowest BCUT2D eigenvalue weighted by atomic mass is 10.3. The number of H-pyrrole nitrogens is 1. The maximum atomic E-state index is 11.3. The number of nitrogens with two attached hydrogens (primary N) is 1. The molecule has 1 aromatic heterocycles. The molecule has 1 rings (SSSR count). The maximum absolute atomic E-state index is 11.3. The van der Waals surface area contributed by atoms with Gasteiger partial charge < -0.3 is 11.1 Å². The Labute approximate surface area is 80.0 Å². The van der Waals surface area contributed by atoms with Gasteiger partial charge in [0.2, 0.25) is 0 Å². The van der Waals surface area contributed by atoms with Crippen molar-refractivity contribution in [2.75, 3.05) is 12.3 Å². The lowest BCUT2D eigenvalue weighted by molar-refractivity contribution is 0.0953. The minimum Gasteiger partial charge on any atom is -0.396 e. The first-order chi connectivity index (χ1) is 6.11. The molecule has 0 unspecified atom stereocenters. The molecule has 0 saturated heterocycles. The van der Waals surface area contributed by atoms with Crippen LogP contribution in [0.5, 0.6) is 0 Å². The van der Waals surface area contributed by atoms with Crippen molar-refractivity contribution in [3.05, 3.63) is 23.5 Å². The summed E-state index contributed by atoms with van der Waals surface area (Å²) in [7, 11) is 0. The number of nitrogen functional groups attached to an aromatic ring is 1. The summed E-state index contributed by atoms with van der Waals surface area (Å²) in [5.74, 6) is -0.350. The summed E-state index contributed by atoms with van der Waals surface area (Å²) in [4.78, 5) is 11.3. The van der Waals surface area contributed by atoms with Gasteiger partial charge >= 0.3 is 0 Å². The van der Waals surface area contributed by atoms with Crippen molar-refractivity contribution in [2.45, 2.75) is 0 Å². The van der Waals surface area contributed by atoms with Crippen LogP contribution in [0.2, 0.25) is 0 Å². The molecule has 0 spiro atoms. The number of nitrogens with one attached hydrogen (secondary N) is 2. The van der Waals surface area contributed by atoms with Gasteiger partial charge in [0.05, 0.1) is 18.4 Å². The molecule has 70 valence electrons. The summed E-state index contributed by atoms with van der Waals surface area (Å²) in [5.41, 5.74) is 5.98. The number of amides is 1. The van der Waals surface area contributed by atoms with E-state index in [0.717, 1.165) is 0 Å². The van der Waals surface area contributed by atoms with Crippen LogP contribution in [-0.2, 0) is 0 Å². The fraction of sp³-hybridized carbons (Fsp3) is 0.143. The van der Waals surface area contributed by atoms with Crippen molar-refractivity contribution in [3.8, 4) is 0 Å². The number of carbonyl (C=O) groups is 1. The highest BCUT2D eigenvalue weighted by molar-refractivity contribution is 6.29. The highest BCUT2D eigenvalue weighted by Crippen LogP contribution is 2.05. The van der Waals surface area contributed by atoms with E-state index in [2.05, 4.69) is 22.1 Å². The summed E-state index contributed by atoms with van der Waals surface area (Å²) in [5, 5.41) is 8.93. The number of aromatic amines is 1. The zero-order chi connectivity index (χ0) is 9.84. The van der Waals surface area contributed by atoms with E-state index in [9.17, 15) is 4.79 Å². The van der Waals surface area contributed by atoms with E-state index >= 15 is 0 Å². The molecule has 5 nitrogen and oxygen atoms in total. The quantitative estimate of drug-likeness (QED) is 0.664. The molecule has 0 aliphatic rings. The van der Waals surface area contributed by atoms with Crippen molar-refractivity contribution < 1.29 is 4.79 Å². The number of rotatable bonds is 3. The first kappa shape index (κ1) is 9.60. The molecular formula is C7H9ClN4O. The summed E-state index contributed by atoms with van der Waals surface area (Å²) in [6.07, 6.45) is 1.37. The fourth-order valence-corrected chi connectivity index (χ4v) is 0.809. The molecule has 0 saturated carbocycles. The van der Waals surface area contributed by atoms with Crippen molar-refractivity contribution >= 4 is 23.2 Å². The molecule has 1 amide bonds. The molecule has 0 radical (unpaired) electrons. The second kappa shape index (κ2) is 3.95. The molecule has 0 atom stereocenters. The SMILES string of the molecule is C=C(Cl)CNC(=O)c1[nH]ncc1N. The molecule has 1 heterocycles. The third kappa shape index (κ3) is 2.48. The van der Waals surface area contributed by atoms with E-state index in [-0.39, 0.29) is 18.1 Å². The number of aromatic nitrogens is 2. The van der Waals surface area contributed by atoms with Crippen molar-refractivity contribution in [1.82, 2.24) is 15.5 Å². The zero-order valence-corrected chi connectivity index (χ0v) is 7.56. The number of halogens is 1. The van der Waals surface area contributed by atoms with Gasteiger partial charge in [0.1, 0.15) is 5.69 Å². The third-order valence-corrected chi connectivity index (χ3v) is 1.47. The van der Waals surface area contributed by atoms with Crippen LogP contribution >= 0.6 is 11.6 Å². The Morgan fingerprint density at radius 3 is 3.00 bits per heavy atom. The summed E-state index contributed by atoms with van der Waals surface area (Å²) < 4.78 is 0. The molecule has 0 fully saturated rings. The summed E-state index contributed by atoms with van der Waals surface area (Å²) in [6.45, 7) is 3.63. The van der Waals surface area contributed by atoms with Gasteiger partial charge in [-0.25, -0.2) is 0 Å². The molecule has 4 N–H and O–H groups in total. The second-order valence-electron chi connectivity index (χ2n) is 2.40. The Balaban J connectivity index is 2.59. The lowest BCUT2D eigenvalue weighted by Crippen LogP contribution is -2.25. The van der Waals surface area contributed by atoms with E-state index < -0.39 is 0 Å². The highest BCUT2D eigenvalue weighted by Gasteiger charge is 2.10. The van der Waals surface area contributed by atoms with Crippen LogP contribution in [0.3, 0.4) is 0 Å². The lowest BCUT2D eigenvalue weighted by Gasteiger charge is -2.01. The molecule has 0 aliphatic heterocycles. The average molecular weight is 201 g/mol. The fourth-order valence-electron chi connectivity index (χ4n) is 0.742. The predicted molar refractivity (Wildman–Crippen MR) is 50.3 cm³/mol. The maximum Gasteiger partial charge on any atom is 0.271 e. The number of nitrogens with zero attached hydrogens (tertiary/aromatic N) is 1. The highest BCUT2D eigenvalue weighted by atomic mass is 35.5. The van der Waals surface area contributed by atoms with Crippen molar-refractivity contribution in [3.63, 3.8) is 0 Å². The largest absolute Gasteiger partial charge is 0.396 e. The zero-order valence-electron chi connectivity index (χ0n) is 6.80. The van der Waals surface area contributed by atoms with E-state index in [1.165, 1.54) is 6.20 Å². The minimum atomic E-state index is -0.350. The van der Waals surface area contributed by atoms with Crippen molar-refractivity contribution in [2.24, 2.45) is 0 Å². The Morgan fingerprint density at radius 1 is 1.85 bits per heavy atom. The molecule has 0 aromatic carbocycles. The van der Waals surface area contributed by atoms with Gasteiger partial charge in [-0.15, -0.1) is 0 Å². The van der Waals surface area contributed by atoms with Crippen LogP contribution in [0.4, 0.5) is 5.69 Å². The molecule has 0 aliphatic carbocycles. The van der Waals surface area contributed by atoms with Crippen LogP contribution in [0.15, 0.2) is 17.8 Å². The smallest absolute Gasteiger partial charge is 0.271 e.